The molecule has 0 unspecified atom stereocenters. The van der Waals surface area contributed by atoms with Crippen LogP contribution in [-0.2, 0) is 11.3 Å². The SMILES string of the molecule is O=C(OCc1ccccc1)N1CC=C(CI)CC1. The van der Waals surface area contributed by atoms with Gasteiger partial charge in [-0.3, -0.25) is 0 Å². The molecule has 4 heteroatoms. The van der Waals surface area contributed by atoms with Crippen molar-refractivity contribution in [1.29, 1.82) is 0 Å². The van der Waals surface area contributed by atoms with E-state index in [0.29, 0.717) is 13.2 Å². The number of halogens is 1. The Morgan fingerprint density at radius 1 is 1.33 bits per heavy atom. The first-order valence-electron chi connectivity index (χ1n) is 5.99. The lowest BCUT2D eigenvalue weighted by Gasteiger charge is -2.25. The standard InChI is InChI=1S/C14H16INO2/c15-10-12-6-8-16(9-7-12)14(17)18-11-13-4-2-1-3-5-13/h1-6H,7-11H2. The van der Waals surface area contributed by atoms with E-state index in [1.807, 2.05) is 30.3 Å². The van der Waals surface area contributed by atoms with Crippen molar-refractivity contribution in [2.75, 3.05) is 17.5 Å². The van der Waals surface area contributed by atoms with Gasteiger partial charge in [0.25, 0.3) is 0 Å². The van der Waals surface area contributed by atoms with Crippen molar-refractivity contribution in [2.24, 2.45) is 0 Å². The van der Waals surface area contributed by atoms with E-state index in [1.54, 1.807) is 4.90 Å². The molecule has 0 saturated carbocycles. The Bertz CT molecular complexity index is 431. The predicted octanol–water partition coefficient (Wildman–Crippen LogP) is 3.39. The van der Waals surface area contributed by atoms with Gasteiger partial charge in [-0.1, -0.05) is 64.6 Å². The molecule has 1 heterocycles. The van der Waals surface area contributed by atoms with E-state index >= 15 is 0 Å². The molecule has 18 heavy (non-hydrogen) atoms. The second-order valence-corrected chi connectivity index (χ2v) is 4.99. The van der Waals surface area contributed by atoms with E-state index in [4.69, 9.17) is 4.74 Å². The first kappa shape index (κ1) is 13.4. The van der Waals surface area contributed by atoms with Gasteiger partial charge < -0.3 is 9.64 Å². The summed E-state index contributed by atoms with van der Waals surface area (Å²) in [5, 5.41) is 0. The van der Waals surface area contributed by atoms with Gasteiger partial charge in [0.2, 0.25) is 0 Å². The lowest BCUT2D eigenvalue weighted by Crippen LogP contribution is -2.35. The molecule has 0 aliphatic carbocycles. The van der Waals surface area contributed by atoms with E-state index in [0.717, 1.165) is 23.0 Å². The van der Waals surface area contributed by atoms with Crippen molar-refractivity contribution < 1.29 is 9.53 Å². The maximum atomic E-state index is 11.8. The van der Waals surface area contributed by atoms with Gasteiger partial charge in [0.1, 0.15) is 6.61 Å². The molecule has 3 nitrogen and oxygen atoms in total. The molecule has 96 valence electrons. The fourth-order valence-electron chi connectivity index (χ4n) is 1.81. The van der Waals surface area contributed by atoms with Crippen molar-refractivity contribution >= 4 is 28.7 Å². The number of hydrogen-bond donors (Lipinski definition) is 0. The highest BCUT2D eigenvalue weighted by Crippen LogP contribution is 2.14. The number of nitrogens with zero attached hydrogens (tertiary/aromatic N) is 1. The molecule has 1 amide bonds. The number of carbonyl (C=O) groups is 1. The van der Waals surface area contributed by atoms with Crippen molar-refractivity contribution in [3.05, 3.63) is 47.5 Å². The molecule has 0 bridgehead atoms. The highest BCUT2D eigenvalue weighted by Gasteiger charge is 2.17. The highest BCUT2D eigenvalue weighted by molar-refractivity contribution is 14.1. The molecule has 1 aliphatic rings. The Morgan fingerprint density at radius 2 is 2.11 bits per heavy atom. The minimum atomic E-state index is -0.220. The normalized spacial score (nSPS) is 15.2. The number of alkyl halides is 1. The minimum Gasteiger partial charge on any atom is -0.445 e. The molecular weight excluding hydrogens is 341 g/mol. The average Bonchev–Trinajstić information content (AvgIpc) is 2.46. The van der Waals surface area contributed by atoms with Gasteiger partial charge in [-0.25, -0.2) is 4.79 Å². The summed E-state index contributed by atoms with van der Waals surface area (Å²) < 4.78 is 6.34. The second-order valence-electron chi connectivity index (χ2n) is 4.23. The summed E-state index contributed by atoms with van der Waals surface area (Å²) in [5.74, 6) is 0. The van der Waals surface area contributed by atoms with Crippen LogP contribution in [0.25, 0.3) is 0 Å². The van der Waals surface area contributed by atoms with Crippen LogP contribution in [0.2, 0.25) is 0 Å². The van der Waals surface area contributed by atoms with Gasteiger partial charge in [-0.05, 0) is 12.0 Å². The van der Waals surface area contributed by atoms with E-state index in [1.165, 1.54) is 5.57 Å². The van der Waals surface area contributed by atoms with Gasteiger partial charge in [0.15, 0.2) is 0 Å². The summed E-state index contributed by atoms with van der Waals surface area (Å²) in [5.41, 5.74) is 2.44. The number of carbonyl (C=O) groups excluding carboxylic acids is 1. The largest absolute Gasteiger partial charge is 0.445 e. The summed E-state index contributed by atoms with van der Waals surface area (Å²) in [6.07, 6.45) is 2.87. The fraction of sp³-hybridized carbons (Fsp3) is 0.357. The molecule has 1 aromatic rings. The number of benzene rings is 1. The zero-order valence-corrected chi connectivity index (χ0v) is 12.3. The van der Waals surface area contributed by atoms with Gasteiger partial charge in [0.05, 0.1) is 0 Å². The van der Waals surface area contributed by atoms with Crippen molar-refractivity contribution in [3.63, 3.8) is 0 Å². The monoisotopic (exact) mass is 357 g/mol. The number of amides is 1. The van der Waals surface area contributed by atoms with Crippen LogP contribution in [0.5, 0.6) is 0 Å². The molecule has 1 aliphatic heterocycles. The fourth-order valence-corrected chi connectivity index (χ4v) is 2.50. The van der Waals surface area contributed by atoms with Crippen LogP contribution >= 0.6 is 22.6 Å². The number of rotatable bonds is 3. The zero-order valence-electron chi connectivity index (χ0n) is 10.1. The molecule has 0 N–H and O–H groups in total. The first-order valence-corrected chi connectivity index (χ1v) is 7.51. The highest BCUT2D eigenvalue weighted by atomic mass is 127. The summed E-state index contributed by atoms with van der Waals surface area (Å²) in [4.78, 5) is 13.6. The van der Waals surface area contributed by atoms with Crippen molar-refractivity contribution in [1.82, 2.24) is 4.90 Å². The Balaban J connectivity index is 1.81. The predicted molar refractivity (Wildman–Crippen MR) is 79.8 cm³/mol. The van der Waals surface area contributed by atoms with Crippen LogP contribution in [0.15, 0.2) is 42.0 Å². The molecule has 1 aromatic carbocycles. The smallest absolute Gasteiger partial charge is 0.410 e. The summed E-state index contributed by atoms with van der Waals surface area (Å²) in [7, 11) is 0. The van der Waals surface area contributed by atoms with Crippen LogP contribution in [0.3, 0.4) is 0 Å². The van der Waals surface area contributed by atoms with Gasteiger partial charge >= 0.3 is 6.09 Å². The Hall–Kier alpha value is -1.04. The molecule has 2 rings (SSSR count). The van der Waals surface area contributed by atoms with Crippen LogP contribution in [0.4, 0.5) is 4.79 Å². The lowest BCUT2D eigenvalue weighted by atomic mass is 10.1. The summed E-state index contributed by atoms with van der Waals surface area (Å²) in [6, 6.07) is 9.75. The van der Waals surface area contributed by atoms with Crippen LogP contribution in [0, 0.1) is 0 Å². The maximum absolute atomic E-state index is 11.8. The lowest BCUT2D eigenvalue weighted by molar-refractivity contribution is 0.0990. The molecule has 0 fully saturated rings. The third-order valence-electron chi connectivity index (χ3n) is 2.94. The Kier molecular flexibility index (Phi) is 5.04. The Labute approximate surface area is 121 Å². The summed E-state index contributed by atoms with van der Waals surface area (Å²) >= 11 is 2.35. The van der Waals surface area contributed by atoms with Crippen LogP contribution < -0.4 is 0 Å². The summed E-state index contributed by atoms with van der Waals surface area (Å²) in [6.45, 7) is 1.79. The number of ether oxygens (including phenoxy) is 1. The second kappa shape index (κ2) is 6.78. The Morgan fingerprint density at radius 3 is 2.72 bits per heavy atom. The maximum Gasteiger partial charge on any atom is 0.410 e. The van der Waals surface area contributed by atoms with E-state index in [-0.39, 0.29) is 6.09 Å². The average molecular weight is 357 g/mol. The minimum absolute atomic E-state index is 0.220. The van der Waals surface area contributed by atoms with E-state index in [9.17, 15) is 4.79 Å². The molecule has 0 saturated heterocycles. The van der Waals surface area contributed by atoms with Gasteiger partial charge in [-0.2, -0.15) is 0 Å². The van der Waals surface area contributed by atoms with E-state index < -0.39 is 0 Å². The molecular formula is C14H16INO2. The van der Waals surface area contributed by atoms with Crippen LogP contribution in [-0.4, -0.2) is 28.5 Å². The quantitative estimate of drug-likeness (QED) is 0.472. The third kappa shape index (κ3) is 3.73. The molecule has 0 aromatic heterocycles. The third-order valence-corrected chi connectivity index (χ3v) is 3.92. The van der Waals surface area contributed by atoms with Crippen molar-refractivity contribution in [3.8, 4) is 0 Å². The van der Waals surface area contributed by atoms with E-state index in [2.05, 4.69) is 28.7 Å². The molecule has 0 radical (unpaired) electrons. The molecule has 0 atom stereocenters. The van der Waals surface area contributed by atoms with Crippen LogP contribution in [0.1, 0.15) is 12.0 Å². The first-order chi connectivity index (χ1) is 8.79. The zero-order chi connectivity index (χ0) is 12.8. The topological polar surface area (TPSA) is 29.5 Å². The van der Waals surface area contributed by atoms with Gasteiger partial charge in [0, 0.05) is 17.5 Å². The number of hydrogen-bond acceptors (Lipinski definition) is 2. The van der Waals surface area contributed by atoms with Crippen molar-refractivity contribution in [2.45, 2.75) is 13.0 Å². The molecule has 0 spiro atoms. The van der Waals surface area contributed by atoms with Gasteiger partial charge in [-0.15, -0.1) is 0 Å².